The Morgan fingerprint density at radius 3 is 1.85 bits per heavy atom. The summed E-state index contributed by atoms with van der Waals surface area (Å²) in [6.07, 6.45) is 3.25. The molecule has 2 nitrogen and oxygen atoms in total. The molecule has 0 N–H and O–H groups in total. The normalized spacial score (nSPS) is 18.7. The first-order chi connectivity index (χ1) is 15.9. The number of halogens is 4. The number of hydrogen-bond donors (Lipinski definition) is 0. The van der Waals surface area contributed by atoms with E-state index in [1.165, 1.54) is 18.2 Å². The second-order valence-corrected chi connectivity index (χ2v) is 7.95. The summed E-state index contributed by atoms with van der Waals surface area (Å²) in [6, 6.07) is 12.2. The summed E-state index contributed by atoms with van der Waals surface area (Å²) in [5.74, 6) is -3.77. The molecule has 3 aromatic carbocycles. The SMILES string of the molecule is C/C=C/C1COC(c2ccc(-c3ccc(-c4ccc(CC)c(F)c4F)cc3)c(F)c2F)OC1. The third kappa shape index (κ3) is 4.59. The predicted octanol–water partition coefficient (Wildman–Crippen LogP) is 7.38. The fraction of sp³-hybridized carbons (Fsp3) is 0.259. The summed E-state index contributed by atoms with van der Waals surface area (Å²) in [7, 11) is 0. The molecule has 0 saturated carbocycles. The molecule has 0 spiro atoms. The molecule has 0 aromatic heterocycles. The molecule has 1 heterocycles. The molecule has 0 atom stereocenters. The van der Waals surface area contributed by atoms with Crippen molar-refractivity contribution in [3.63, 3.8) is 0 Å². The number of hydrogen-bond acceptors (Lipinski definition) is 2. The fourth-order valence-electron chi connectivity index (χ4n) is 3.97. The van der Waals surface area contributed by atoms with Crippen LogP contribution in [0.1, 0.15) is 31.3 Å². The van der Waals surface area contributed by atoms with Crippen molar-refractivity contribution in [2.24, 2.45) is 5.92 Å². The molecule has 1 aliphatic rings. The van der Waals surface area contributed by atoms with Crippen LogP contribution in [0.4, 0.5) is 17.6 Å². The van der Waals surface area contributed by atoms with Gasteiger partial charge in [-0.05, 0) is 30.0 Å². The minimum atomic E-state index is -1.03. The van der Waals surface area contributed by atoms with E-state index in [-0.39, 0.29) is 22.6 Å². The van der Waals surface area contributed by atoms with Gasteiger partial charge in [-0.1, -0.05) is 67.6 Å². The molecule has 3 aromatic rings. The van der Waals surface area contributed by atoms with Crippen LogP contribution in [-0.2, 0) is 15.9 Å². The average Bonchev–Trinajstić information content (AvgIpc) is 2.84. The maximum absolute atomic E-state index is 14.9. The van der Waals surface area contributed by atoms with Crippen LogP contribution in [0.5, 0.6) is 0 Å². The topological polar surface area (TPSA) is 18.5 Å². The largest absolute Gasteiger partial charge is 0.348 e. The van der Waals surface area contributed by atoms with Gasteiger partial charge < -0.3 is 9.47 Å². The summed E-state index contributed by atoms with van der Waals surface area (Å²) in [4.78, 5) is 0. The third-order valence-electron chi connectivity index (χ3n) is 5.80. The van der Waals surface area contributed by atoms with Crippen molar-refractivity contribution in [3.8, 4) is 22.3 Å². The lowest BCUT2D eigenvalue weighted by Crippen LogP contribution is -2.26. The number of aryl methyl sites for hydroxylation is 1. The molecule has 1 aliphatic heterocycles. The summed E-state index contributed by atoms with van der Waals surface area (Å²) >= 11 is 0. The van der Waals surface area contributed by atoms with E-state index < -0.39 is 29.6 Å². The van der Waals surface area contributed by atoms with E-state index in [4.69, 9.17) is 9.47 Å². The van der Waals surface area contributed by atoms with Gasteiger partial charge in [0.1, 0.15) is 0 Å². The van der Waals surface area contributed by atoms with Crippen LogP contribution in [0.3, 0.4) is 0 Å². The zero-order valence-corrected chi connectivity index (χ0v) is 18.4. The molecular weight excluding hydrogens is 432 g/mol. The van der Waals surface area contributed by atoms with Crippen molar-refractivity contribution >= 4 is 0 Å². The quantitative estimate of drug-likeness (QED) is 0.295. The van der Waals surface area contributed by atoms with Crippen LogP contribution in [-0.4, -0.2) is 13.2 Å². The third-order valence-corrected chi connectivity index (χ3v) is 5.80. The van der Waals surface area contributed by atoms with Gasteiger partial charge in [0.15, 0.2) is 29.6 Å². The lowest BCUT2D eigenvalue weighted by Gasteiger charge is -2.28. The van der Waals surface area contributed by atoms with Gasteiger partial charge >= 0.3 is 0 Å². The Labute approximate surface area is 190 Å². The number of ether oxygens (including phenoxy) is 2. The van der Waals surface area contributed by atoms with E-state index in [0.29, 0.717) is 36.3 Å². The maximum atomic E-state index is 14.9. The smallest absolute Gasteiger partial charge is 0.186 e. The van der Waals surface area contributed by atoms with Crippen LogP contribution < -0.4 is 0 Å². The molecule has 0 amide bonds. The minimum Gasteiger partial charge on any atom is -0.348 e. The highest BCUT2D eigenvalue weighted by molar-refractivity contribution is 5.71. The molecule has 1 saturated heterocycles. The van der Waals surface area contributed by atoms with Gasteiger partial charge in [0.2, 0.25) is 0 Å². The van der Waals surface area contributed by atoms with Gasteiger partial charge in [-0.3, -0.25) is 0 Å². The van der Waals surface area contributed by atoms with Crippen molar-refractivity contribution in [1.82, 2.24) is 0 Å². The van der Waals surface area contributed by atoms with Gasteiger partial charge in [0, 0.05) is 22.6 Å². The molecule has 0 radical (unpaired) electrons. The summed E-state index contributed by atoms with van der Waals surface area (Å²) in [5, 5.41) is 0. The van der Waals surface area contributed by atoms with Crippen molar-refractivity contribution in [2.75, 3.05) is 13.2 Å². The molecule has 4 rings (SSSR count). The van der Waals surface area contributed by atoms with Crippen molar-refractivity contribution in [2.45, 2.75) is 26.6 Å². The second kappa shape index (κ2) is 9.89. The van der Waals surface area contributed by atoms with Crippen molar-refractivity contribution in [1.29, 1.82) is 0 Å². The average molecular weight is 456 g/mol. The highest BCUT2D eigenvalue weighted by Gasteiger charge is 2.27. The number of benzene rings is 3. The predicted molar refractivity (Wildman–Crippen MR) is 119 cm³/mol. The Balaban J connectivity index is 1.58. The van der Waals surface area contributed by atoms with E-state index in [1.54, 1.807) is 37.3 Å². The summed E-state index contributed by atoms with van der Waals surface area (Å²) in [6.45, 7) is 4.35. The van der Waals surface area contributed by atoms with Gasteiger partial charge in [-0.25, -0.2) is 17.6 Å². The van der Waals surface area contributed by atoms with E-state index >= 15 is 0 Å². The van der Waals surface area contributed by atoms with Crippen molar-refractivity contribution < 1.29 is 27.0 Å². The van der Waals surface area contributed by atoms with E-state index in [1.807, 2.05) is 19.1 Å². The Morgan fingerprint density at radius 2 is 1.30 bits per heavy atom. The number of rotatable bonds is 5. The van der Waals surface area contributed by atoms with Crippen LogP contribution in [0.25, 0.3) is 22.3 Å². The van der Waals surface area contributed by atoms with Crippen LogP contribution in [0.15, 0.2) is 60.7 Å². The fourth-order valence-corrected chi connectivity index (χ4v) is 3.97. The minimum absolute atomic E-state index is 0.000332. The molecule has 33 heavy (non-hydrogen) atoms. The van der Waals surface area contributed by atoms with Crippen LogP contribution >= 0.6 is 0 Å². The summed E-state index contributed by atoms with van der Waals surface area (Å²) < 4.78 is 69.5. The number of allylic oxidation sites excluding steroid dienone is 1. The Hall–Kier alpha value is -2.96. The lowest BCUT2D eigenvalue weighted by atomic mass is 9.97. The van der Waals surface area contributed by atoms with Gasteiger partial charge in [-0.2, -0.15) is 0 Å². The van der Waals surface area contributed by atoms with Crippen LogP contribution in [0.2, 0.25) is 0 Å². The molecule has 1 fully saturated rings. The maximum Gasteiger partial charge on any atom is 0.186 e. The highest BCUT2D eigenvalue weighted by atomic mass is 19.2. The Bertz CT molecular complexity index is 1160. The first-order valence-corrected chi connectivity index (χ1v) is 10.9. The van der Waals surface area contributed by atoms with Gasteiger partial charge in [-0.15, -0.1) is 0 Å². The Morgan fingerprint density at radius 1 is 0.758 bits per heavy atom. The molecule has 6 heteroatoms. The van der Waals surface area contributed by atoms with Gasteiger partial charge in [0.05, 0.1) is 13.2 Å². The zero-order valence-electron chi connectivity index (χ0n) is 18.4. The molecular formula is C27H24F4O2. The van der Waals surface area contributed by atoms with E-state index in [9.17, 15) is 17.6 Å². The monoisotopic (exact) mass is 456 g/mol. The summed E-state index contributed by atoms with van der Waals surface area (Å²) in [5.41, 5.74) is 1.31. The highest BCUT2D eigenvalue weighted by Crippen LogP contribution is 2.34. The van der Waals surface area contributed by atoms with E-state index in [2.05, 4.69) is 0 Å². The van der Waals surface area contributed by atoms with Crippen molar-refractivity contribution in [3.05, 3.63) is 95.1 Å². The van der Waals surface area contributed by atoms with Crippen LogP contribution in [0, 0.1) is 29.2 Å². The zero-order chi connectivity index (χ0) is 23.5. The van der Waals surface area contributed by atoms with Gasteiger partial charge in [0.25, 0.3) is 0 Å². The standard InChI is InChI=1S/C27H24F4O2/c1-3-5-16-14-32-27(33-15-16)22-13-12-21(25(30)26(22)31)19-8-6-18(7-9-19)20-11-10-17(4-2)23(28)24(20)29/h3,5-13,16,27H,4,14-15H2,1-2H3/b5-3+. The second-order valence-electron chi connectivity index (χ2n) is 7.95. The molecule has 0 bridgehead atoms. The molecule has 0 unspecified atom stereocenters. The molecule has 172 valence electrons. The first-order valence-electron chi connectivity index (χ1n) is 10.9. The van der Waals surface area contributed by atoms with E-state index in [0.717, 1.165) is 0 Å². The lowest BCUT2D eigenvalue weighted by molar-refractivity contribution is -0.199. The first kappa shape index (κ1) is 23.2. The molecule has 0 aliphatic carbocycles. The Kier molecular flexibility index (Phi) is 6.96.